The number of esters is 1. The number of carbonyl (C=O) groups excluding carboxylic acids is 1. The smallest absolute Gasteiger partial charge is 0.321 e. The van der Waals surface area contributed by atoms with Gasteiger partial charge >= 0.3 is 5.97 Å². The van der Waals surface area contributed by atoms with Crippen molar-refractivity contribution in [2.24, 2.45) is 11.8 Å². The van der Waals surface area contributed by atoms with Crippen LogP contribution >= 0.6 is 11.6 Å². The molecule has 0 heterocycles. The molecule has 0 atom stereocenters. The average molecular weight is 221 g/mol. The van der Waals surface area contributed by atoms with Gasteiger partial charge < -0.3 is 4.74 Å². The lowest BCUT2D eigenvalue weighted by Crippen LogP contribution is -2.22. The Bertz CT molecular complexity index is 157. The molecule has 0 saturated heterocycles. The van der Waals surface area contributed by atoms with Gasteiger partial charge in [0, 0.05) is 0 Å². The predicted octanol–water partition coefficient (Wildman–Crippen LogP) is 3.23. The highest BCUT2D eigenvalue weighted by Gasteiger charge is 2.16. The first-order valence-electron chi connectivity index (χ1n) is 5.21. The summed E-state index contributed by atoms with van der Waals surface area (Å²) in [6, 6.07) is 0. The fourth-order valence-electron chi connectivity index (χ4n) is 1.46. The average Bonchev–Trinajstić information content (AvgIpc) is 2.01. The van der Waals surface area contributed by atoms with Gasteiger partial charge in [-0.2, -0.15) is 0 Å². The SMILES string of the molecule is CC(C)CC(CC(C)C)OC(=O)CCl. The van der Waals surface area contributed by atoms with Crippen LogP contribution in [0.2, 0.25) is 0 Å². The molecule has 0 fully saturated rings. The van der Waals surface area contributed by atoms with Gasteiger partial charge in [-0.1, -0.05) is 27.7 Å². The Balaban J connectivity index is 4.03. The van der Waals surface area contributed by atoms with E-state index >= 15 is 0 Å². The van der Waals surface area contributed by atoms with Crippen LogP contribution in [0.1, 0.15) is 40.5 Å². The van der Waals surface area contributed by atoms with E-state index in [0.717, 1.165) is 12.8 Å². The van der Waals surface area contributed by atoms with Crippen LogP contribution in [0.5, 0.6) is 0 Å². The maximum atomic E-state index is 11.0. The van der Waals surface area contributed by atoms with Gasteiger partial charge in [0.2, 0.25) is 0 Å². The maximum Gasteiger partial charge on any atom is 0.321 e. The Morgan fingerprint density at radius 1 is 1.14 bits per heavy atom. The summed E-state index contributed by atoms with van der Waals surface area (Å²) in [5, 5.41) is 0. The van der Waals surface area contributed by atoms with Crippen LogP contribution in [0.15, 0.2) is 0 Å². The van der Waals surface area contributed by atoms with E-state index in [1.807, 2.05) is 0 Å². The van der Waals surface area contributed by atoms with Crippen molar-refractivity contribution in [2.45, 2.75) is 46.6 Å². The molecule has 0 aromatic rings. The molecule has 0 spiro atoms. The summed E-state index contributed by atoms with van der Waals surface area (Å²) in [7, 11) is 0. The van der Waals surface area contributed by atoms with E-state index in [9.17, 15) is 4.79 Å². The second kappa shape index (κ2) is 7.10. The molecule has 0 radical (unpaired) electrons. The maximum absolute atomic E-state index is 11.0. The minimum Gasteiger partial charge on any atom is -0.461 e. The zero-order valence-electron chi connectivity index (χ0n) is 9.55. The van der Waals surface area contributed by atoms with E-state index in [1.165, 1.54) is 0 Å². The number of rotatable bonds is 6. The molecule has 0 N–H and O–H groups in total. The highest BCUT2D eigenvalue weighted by atomic mass is 35.5. The van der Waals surface area contributed by atoms with Crippen molar-refractivity contribution in [2.75, 3.05) is 5.88 Å². The molecule has 0 rings (SSSR count). The molecular weight excluding hydrogens is 200 g/mol. The zero-order valence-corrected chi connectivity index (χ0v) is 10.3. The third-order valence-corrected chi connectivity index (χ3v) is 2.09. The van der Waals surface area contributed by atoms with E-state index in [0.29, 0.717) is 11.8 Å². The number of ether oxygens (including phenoxy) is 1. The van der Waals surface area contributed by atoms with Crippen LogP contribution in [0.3, 0.4) is 0 Å². The molecule has 0 saturated carbocycles. The van der Waals surface area contributed by atoms with Crippen molar-refractivity contribution >= 4 is 17.6 Å². The molecule has 0 aromatic carbocycles. The van der Waals surface area contributed by atoms with Gasteiger partial charge in [0.1, 0.15) is 12.0 Å². The van der Waals surface area contributed by atoms with Crippen molar-refractivity contribution in [1.82, 2.24) is 0 Å². The Kier molecular flexibility index (Phi) is 6.98. The molecule has 0 aromatic heterocycles. The number of hydrogen-bond donors (Lipinski definition) is 0. The minimum atomic E-state index is -0.307. The highest BCUT2D eigenvalue weighted by Crippen LogP contribution is 2.16. The zero-order chi connectivity index (χ0) is 11.1. The molecular formula is C11H21ClO2. The predicted molar refractivity (Wildman–Crippen MR) is 59.5 cm³/mol. The number of hydrogen-bond acceptors (Lipinski definition) is 2. The molecule has 2 nitrogen and oxygen atoms in total. The molecule has 0 bridgehead atoms. The topological polar surface area (TPSA) is 26.3 Å². The van der Waals surface area contributed by atoms with Crippen LogP contribution in [0, 0.1) is 11.8 Å². The van der Waals surface area contributed by atoms with Crippen molar-refractivity contribution in [3.8, 4) is 0 Å². The van der Waals surface area contributed by atoms with Crippen LogP contribution in [0.4, 0.5) is 0 Å². The lowest BCUT2D eigenvalue weighted by Gasteiger charge is -2.20. The Labute approximate surface area is 92.0 Å². The van der Waals surface area contributed by atoms with Gasteiger partial charge in [-0.15, -0.1) is 11.6 Å². The van der Waals surface area contributed by atoms with E-state index in [-0.39, 0.29) is 18.0 Å². The molecule has 3 heteroatoms. The van der Waals surface area contributed by atoms with Crippen molar-refractivity contribution in [3.63, 3.8) is 0 Å². The summed E-state index contributed by atoms with van der Waals surface area (Å²) in [4.78, 5) is 11.0. The van der Waals surface area contributed by atoms with Crippen molar-refractivity contribution in [3.05, 3.63) is 0 Å². The Hall–Kier alpha value is -0.240. The summed E-state index contributed by atoms with van der Waals surface area (Å²) in [5.74, 6) is 0.730. The Morgan fingerprint density at radius 3 is 1.86 bits per heavy atom. The fourth-order valence-corrected chi connectivity index (χ4v) is 1.52. The van der Waals surface area contributed by atoms with Crippen LogP contribution < -0.4 is 0 Å². The molecule has 0 aliphatic carbocycles. The third kappa shape index (κ3) is 7.19. The number of alkyl halides is 1. The van der Waals surface area contributed by atoms with Gasteiger partial charge in [-0.05, 0) is 24.7 Å². The number of carbonyl (C=O) groups is 1. The molecule has 0 aliphatic heterocycles. The Morgan fingerprint density at radius 2 is 1.57 bits per heavy atom. The monoisotopic (exact) mass is 220 g/mol. The summed E-state index contributed by atoms with van der Waals surface area (Å²) >= 11 is 5.39. The van der Waals surface area contributed by atoms with Gasteiger partial charge in [0.05, 0.1) is 0 Å². The van der Waals surface area contributed by atoms with Gasteiger partial charge in [-0.3, -0.25) is 4.79 Å². The van der Waals surface area contributed by atoms with E-state index < -0.39 is 0 Å². The van der Waals surface area contributed by atoms with Gasteiger partial charge in [0.15, 0.2) is 0 Å². The second-order valence-corrected chi connectivity index (χ2v) is 4.77. The standard InChI is InChI=1S/C11H21ClO2/c1-8(2)5-10(6-9(3)4)14-11(13)7-12/h8-10H,5-7H2,1-4H3. The molecule has 14 heavy (non-hydrogen) atoms. The van der Waals surface area contributed by atoms with E-state index in [4.69, 9.17) is 16.3 Å². The van der Waals surface area contributed by atoms with Gasteiger partial charge in [-0.25, -0.2) is 0 Å². The van der Waals surface area contributed by atoms with Gasteiger partial charge in [0.25, 0.3) is 0 Å². The highest BCUT2D eigenvalue weighted by molar-refractivity contribution is 6.26. The summed E-state index contributed by atoms with van der Waals surface area (Å²) in [5.41, 5.74) is 0. The summed E-state index contributed by atoms with van der Waals surface area (Å²) in [6.45, 7) is 8.51. The quantitative estimate of drug-likeness (QED) is 0.508. The molecule has 0 amide bonds. The fraction of sp³-hybridized carbons (Fsp3) is 0.909. The largest absolute Gasteiger partial charge is 0.461 e. The molecule has 84 valence electrons. The van der Waals surface area contributed by atoms with Crippen molar-refractivity contribution < 1.29 is 9.53 Å². The normalized spacial score (nSPS) is 11.4. The second-order valence-electron chi connectivity index (χ2n) is 4.50. The van der Waals surface area contributed by atoms with Crippen LogP contribution in [-0.4, -0.2) is 18.0 Å². The van der Waals surface area contributed by atoms with Crippen LogP contribution in [0.25, 0.3) is 0 Å². The van der Waals surface area contributed by atoms with E-state index in [2.05, 4.69) is 27.7 Å². The summed E-state index contributed by atoms with van der Waals surface area (Å²) in [6.07, 6.45) is 1.86. The first kappa shape index (κ1) is 13.8. The van der Waals surface area contributed by atoms with E-state index in [1.54, 1.807) is 0 Å². The van der Waals surface area contributed by atoms with Crippen LogP contribution in [-0.2, 0) is 9.53 Å². The first-order valence-corrected chi connectivity index (χ1v) is 5.74. The summed E-state index contributed by atoms with van der Waals surface area (Å²) < 4.78 is 5.25. The minimum absolute atomic E-state index is 0.0289. The third-order valence-electron chi connectivity index (χ3n) is 1.88. The van der Waals surface area contributed by atoms with Crippen molar-refractivity contribution in [1.29, 1.82) is 0 Å². The molecule has 0 unspecified atom stereocenters. The number of halogens is 1. The lowest BCUT2D eigenvalue weighted by atomic mass is 9.98. The molecule has 0 aliphatic rings. The lowest BCUT2D eigenvalue weighted by molar-refractivity contribution is -0.147. The first-order chi connectivity index (χ1) is 6.45.